The fourth-order valence-corrected chi connectivity index (χ4v) is 4.26. The summed E-state index contributed by atoms with van der Waals surface area (Å²) in [6, 6.07) is 12.5. The molecule has 3 rings (SSSR count). The van der Waals surface area contributed by atoms with Crippen LogP contribution in [0.1, 0.15) is 21.5 Å². The van der Waals surface area contributed by atoms with Crippen LogP contribution >= 0.6 is 34.7 Å². The van der Waals surface area contributed by atoms with Gasteiger partial charge in [-0.1, -0.05) is 58.5 Å². The number of aryl methyl sites for hydroxylation is 2. The molecule has 0 aliphatic rings. The summed E-state index contributed by atoms with van der Waals surface area (Å²) in [6.07, 6.45) is 0. The second-order valence-corrected chi connectivity index (χ2v) is 8.83. The number of nitrogens with zero attached hydrogens (tertiary/aromatic N) is 2. The number of halogens is 1. The highest BCUT2D eigenvalue weighted by Crippen LogP contribution is 2.26. The lowest BCUT2D eigenvalue weighted by Crippen LogP contribution is -2.20. The lowest BCUT2D eigenvalue weighted by molar-refractivity contribution is -0.118. The Kier molecular flexibility index (Phi) is 7.24. The van der Waals surface area contributed by atoms with Gasteiger partial charge in [-0.05, 0) is 43.7 Å². The normalized spacial score (nSPS) is 10.6. The molecule has 3 aromatic rings. The SMILES string of the molecule is Cc1ccc(C(=O)CSc2nnc(NC(=O)COc3ccc(Cl)cc3)s2)c(C)c1. The van der Waals surface area contributed by atoms with Crippen LogP contribution < -0.4 is 10.1 Å². The summed E-state index contributed by atoms with van der Waals surface area (Å²) in [5.41, 5.74) is 2.79. The zero-order valence-corrected chi connectivity index (χ0v) is 18.2. The van der Waals surface area contributed by atoms with Gasteiger partial charge in [0.25, 0.3) is 5.91 Å². The molecule has 1 N–H and O–H groups in total. The average Bonchev–Trinajstić information content (AvgIpc) is 3.13. The molecule has 1 heterocycles. The number of ketones is 1. The molecule has 0 saturated carbocycles. The molecular formula is C20H18ClN3O3S2. The number of carbonyl (C=O) groups excluding carboxylic acids is 2. The van der Waals surface area contributed by atoms with Gasteiger partial charge in [0.1, 0.15) is 5.75 Å². The molecule has 6 nitrogen and oxygen atoms in total. The van der Waals surface area contributed by atoms with Gasteiger partial charge in [0.15, 0.2) is 16.7 Å². The molecule has 2 aromatic carbocycles. The van der Waals surface area contributed by atoms with Crippen LogP contribution in [-0.2, 0) is 4.79 Å². The predicted octanol–water partition coefficient (Wildman–Crippen LogP) is 4.80. The average molecular weight is 448 g/mol. The quantitative estimate of drug-likeness (QED) is 0.303. The lowest BCUT2D eigenvalue weighted by atomic mass is 10.0. The maximum absolute atomic E-state index is 12.4. The first kappa shape index (κ1) is 21.3. The van der Waals surface area contributed by atoms with Crippen LogP contribution in [0.2, 0.25) is 5.02 Å². The van der Waals surface area contributed by atoms with Crippen LogP contribution in [-0.4, -0.2) is 34.2 Å². The predicted molar refractivity (Wildman–Crippen MR) is 116 cm³/mol. The first-order valence-corrected chi connectivity index (χ1v) is 10.8. The van der Waals surface area contributed by atoms with Crippen LogP contribution in [0.5, 0.6) is 5.75 Å². The van der Waals surface area contributed by atoms with Gasteiger partial charge in [-0.15, -0.1) is 10.2 Å². The number of ether oxygens (including phenoxy) is 1. The third-order valence-corrected chi connectivity index (χ3v) is 6.07. The highest BCUT2D eigenvalue weighted by molar-refractivity contribution is 8.01. The molecule has 1 amide bonds. The number of thioether (sulfide) groups is 1. The summed E-state index contributed by atoms with van der Waals surface area (Å²) in [5, 5.41) is 11.5. The van der Waals surface area contributed by atoms with Gasteiger partial charge in [0.2, 0.25) is 5.13 Å². The fraction of sp³-hybridized carbons (Fsp3) is 0.200. The van der Waals surface area contributed by atoms with Gasteiger partial charge < -0.3 is 4.74 Å². The van der Waals surface area contributed by atoms with Crippen LogP contribution in [0.3, 0.4) is 0 Å². The van der Waals surface area contributed by atoms with Crippen molar-refractivity contribution in [1.29, 1.82) is 0 Å². The van der Waals surface area contributed by atoms with Crippen molar-refractivity contribution >= 4 is 51.5 Å². The third kappa shape index (κ3) is 6.28. The monoisotopic (exact) mass is 447 g/mol. The Morgan fingerprint density at radius 1 is 1.14 bits per heavy atom. The zero-order valence-electron chi connectivity index (χ0n) is 15.8. The summed E-state index contributed by atoms with van der Waals surface area (Å²) >= 11 is 8.31. The standard InChI is InChI=1S/C20H18ClN3O3S2/c1-12-3-8-16(13(2)9-12)17(25)11-28-20-24-23-19(29-20)22-18(26)10-27-15-6-4-14(21)5-7-15/h3-9H,10-11H2,1-2H3,(H,22,23,26). The van der Waals surface area contributed by atoms with Gasteiger partial charge in [-0.25, -0.2) is 0 Å². The van der Waals surface area contributed by atoms with E-state index in [-0.39, 0.29) is 24.1 Å². The molecule has 0 saturated heterocycles. The first-order chi connectivity index (χ1) is 13.9. The molecule has 29 heavy (non-hydrogen) atoms. The van der Waals surface area contributed by atoms with Crippen LogP contribution in [0.4, 0.5) is 5.13 Å². The third-order valence-electron chi connectivity index (χ3n) is 3.85. The number of aromatic nitrogens is 2. The van der Waals surface area contributed by atoms with E-state index in [9.17, 15) is 9.59 Å². The van der Waals surface area contributed by atoms with E-state index >= 15 is 0 Å². The maximum atomic E-state index is 12.4. The van der Waals surface area contributed by atoms with Crippen molar-refractivity contribution in [1.82, 2.24) is 10.2 Å². The summed E-state index contributed by atoms with van der Waals surface area (Å²) < 4.78 is 5.99. The topological polar surface area (TPSA) is 81.2 Å². The van der Waals surface area contributed by atoms with Crippen molar-refractivity contribution in [2.75, 3.05) is 17.7 Å². The molecule has 0 unspecified atom stereocenters. The fourth-order valence-electron chi connectivity index (χ4n) is 2.49. The number of rotatable bonds is 8. The van der Waals surface area contributed by atoms with Crippen molar-refractivity contribution in [2.24, 2.45) is 0 Å². The summed E-state index contributed by atoms with van der Waals surface area (Å²) in [7, 11) is 0. The Morgan fingerprint density at radius 3 is 2.62 bits per heavy atom. The van der Waals surface area contributed by atoms with E-state index in [1.54, 1.807) is 24.3 Å². The van der Waals surface area contributed by atoms with Crippen LogP contribution in [0.15, 0.2) is 46.8 Å². The van der Waals surface area contributed by atoms with Crippen molar-refractivity contribution in [3.63, 3.8) is 0 Å². The second kappa shape index (κ2) is 9.87. The minimum atomic E-state index is -0.348. The first-order valence-electron chi connectivity index (χ1n) is 8.65. The van der Waals surface area contributed by atoms with Crippen molar-refractivity contribution < 1.29 is 14.3 Å². The smallest absolute Gasteiger partial charge is 0.264 e. The van der Waals surface area contributed by atoms with Gasteiger partial charge in [0, 0.05) is 10.6 Å². The summed E-state index contributed by atoms with van der Waals surface area (Å²) in [5.74, 6) is 0.484. The summed E-state index contributed by atoms with van der Waals surface area (Å²) in [6.45, 7) is 3.76. The van der Waals surface area contributed by atoms with Crippen molar-refractivity contribution in [3.8, 4) is 5.75 Å². The van der Waals surface area contributed by atoms with E-state index in [1.807, 2.05) is 32.0 Å². The molecule has 0 radical (unpaired) electrons. The van der Waals surface area contributed by atoms with E-state index in [0.717, 1.165) is 11.1 Å². The zero-order chi connectivity index (χ0) is 20.8. The molecule has 0 bridgehead atoms. The minimum Gasteiger partial charge on any atom is -0.484 e. The Morgan fingerprint density at radius 2 is 1.90 bits per heavy atom. The second-order valence-electron chi connectivity index (χ2n) is 6.19. The molecule has 0 spiro atoms. The van der Waals surface area contributed by atoms with E-state index in [4.69, 9.17) is 16.3 Å². The van der Waals surface area contributed by atoms with Crippen molar-refractivity contribution in [2.45, 2.75) is 18.2 Å². The molecule has 0 aliphatic heterocycles. The number of carbonyl (C=O) groups is 2. The van der Waals surface area contributed by atoms with Crippen LogP contribution in [0.25, 0.3) is 0 Å². The number of nitrogens with one attached hydrogen (secondary N) is 1. The van der Waals surface area contributed by atoms with Gasteiger partial charge in [-0.2, -0.15) is 0 Å². The Labute approximate surface area is 181 Å². The number of anilines is 1. The van der Waals surface area contributed by atoms with E-state index < -0.39 is 0 Å². The Bertz CT molecular complexity index is 1020. The lowest BCUT2D eigenvalue weighted by Gasteiger charge is -2.05. The van der Waals surface area contributed by atoms with Gasteiger partial charge in [0.05, 0.1) is 5.75 Å². The molecule has 150 valence electrons. The van der Waals surface area contributed by atoms with Gasteiger partial charge >= 0.3 is 0 Å². The number of amides is 1. The highest BCUT2D eigenvalue weighted by atomic mass is 35.5. The molecule has 9 heteroatoms. The molecule has 0 fully saturated rings. The Balaban J connectivity index is 1.48. The van der Waals surface area contributed by atoms with Gasteiger partial charge in [-0.3, -0.25) is 14.9 Å². The molecule has 0 aliphatic carbocycles. The largest absolute Gasteiger partial charge is 0.484 e. The number of hydrogen-bond donors (Lipinski definition) is 1. The number of Topliss-reactive ketones (excluding diaryl/α,β-unsaturated/α-hetero) is 1. The highest BCUT2D eigenvalue weighted by Gasteiger charge is 2.13. The maximum Gasteiger partial charge on any atom is 0.264 e. The number of benzene rings is 2. The van der Waals surface area contributed by atoms with Crippen molar-refractivity contribution in [3.05, 3.63) is 64.2 Å². The minimum absolute atomic E-state index is 0.0321. The van der Waals surface area contributed by atoms with E-state index in [0.29, 0.717) is 25.8 Å². The molecule has 1 aromatic heterocycles. The molecule has 0 atom stereocenters. The van der Waals surface area contributed by atoms with E-state index in [2.05, 4.69) is 15.5 Å². The number of hydrogen-bond acceptors (Lipinski definition) is 7. The molecular weight excluding hydrogens is 430 g/mol. The summed E-state index contributed by atoms with van der Waals surface area (Å²) in [4.78, 5) is 24.4. The van der Waals surface area contributed by atoms with Crippen LogP contribution in [0, 0.1) is 13.8 Å². The Hall–Kier alpha value is -2.42. The van der Waals surface area contributed by atoms with E-state index in [1.165, 1.54) is 23.1 Å².